The lowest BCUT2D eigenvalue weighted by Crippen LogP contribution is -1.97. The molecule has 2 aromatic carbocycles. The summed E-state index contributed by atoms with van der Waals surface area (Å²) >= 11 is 3.20. The summed E-state index contributed by atoms with van der Waals surface area (Å²) in [6.07, 6.45) is 0. The van der Waals surface area contributed by atoms with Crippen molar-refractivity contribution in [2.45, 2.75) is 0 Å². The number of nitrogens with zero attached hydrogens (tertiary/aromatic N) is 1. The first-order valence-corrected chi connectivity index (χ1v) is 5.94. The molecule has 0 atom stereocenters. The van der Waals surface area contributed by atoms with Crippen LogP contribution >= 0.6 is 15.9 Å². The van der Waals surface area contributed by atoms with Gasteiger partial charge in [0.25, 0.3) is 0 Å². The molecule has 2 aromatic rings. The minimum atomic E-state index is -0.986. The summed E-state index contributed by atoms with van der Waals surface area (Å²) in [5.74, 6) is -0.986. The number of halogens is 1. The van der Waals surface area contributed by atoms with Gasteiger partial charge in [-0.05, 0) is 51.3 Å². The lowest BCUT2D eigenvalue weighted by Gasteiger charge is -2.05. The molecule has 0 fully saturated rings. The zero-order chi connectivity index (χ0) is 13.1. The van der Waals surface area contributed by atoms with Crippen LogP contribution < -0.4 is 0 Å². The fraction of sp³-hybridized carbons (Fsp3) is 0. The topological polar surface area (TPSA) is 61.1 Å². The van der Waals surface area contributed by atoms with Gasteiger partial charge in [-0.15, -0.1) is 0 Å². The first-order chi connectivity index (χ1) is 8.61. The third-order valence-electron chi connectivity index (χ3n) is 2.52. The summed E-state index contributed by atoms with van der Waals surface area (Å²) in [6, 6.07) is 14.2. The molecule has 88 valence electrons. The zero-order valence-electron chi connectivity index (χ0n) is 9.22. The Hall–Kier alpha value is -2.12. The van der Waals surface area contributed by atoms with E-state index in [0.717, 1.165) is 11.1 Å². The van der Waals surface area contributed by atoms with Crippen molar-refractivity contribution in [3.63, 3.8) is 0 Å². The summed E-state index contributed by atoms with van der Waals surface area (Å²) in [4.78, 5) is 11.0. The molecule has 0 unspecified atom stereocenters. The summed E-state index contributed by atoms with van der Waals surface area (Å²) in [7, 11) is 0. The van der Waals surface area contributed by atoms with Crippen LogP contribution in [0.15, 0.2) is 46.9 Å². The maximum absolute atomic E-state index is 11.0. The zero-order valence-corrected chi connectivity index (χ0v) is 10.8. The highest BCUT2D eigenvalue weighted by molar-refractivity contribution is 9.10. The largest absolute Gasteiger partial charge is 0.478 e. The molecule has 0 aliphatic rings. The molecule has 0 aliphatic carbocycles. The van der Waals surface area contributed by atoms with Gasteiger partial charge in [0.1, 0.15) is 0 Å². The van der Waals surface area contributed by atoms with Crippen molar-refractivity contribution in [3.05, 3.63) is 58.1 Å². The van der Waals surface area contributed by atoms with Gasteiger partial charge in [-0.3, -0.25) is 0 Å². The van der Waals surface area contributed by atoms with E-state index in [2.05, 4.69) is 22.0 Å². The monoisotopic (exact) mass is 301 g/mol. The molecule has 3 nitrogen and oxygen atoms in total. The predicted molar refractivity (Wildman–Crippen MR) is 71.3 cm³/mol. The quantitative estimate of drug-likeness (QED) is 0.920. The Balaban J connectivity index is 2.54. The Bertz CT molecular complexity index is 659. The SMILES string of the molecule is N#Cc1cccc(-c2ccc(Br)c(C(=O)O)c2)c1. The Labute approximate surface area is 112 Å². The van der Waals surface area contributed by atoms with E-state index >= 15 is 0 Å². The Kier molecular flexibility index (Phi) is 3.45. The average molecular weight is 302 g/mol. The second kappa shape index (κ2) is 5.03. The van der Waals surface area contributed by atoms with Crippen molar-refractivity contribution in [2.75, 3.05) is 0 Å². The van der Waals surface area contributed by atoms with Crippen molar-refractivity contribution in [2.24, 2.45) is 0 Å². The normalized spacial score (nSPS) is 9.78. The molecule has 4 heteroatoms. The molecule has 0 radical (unpaired) electrons. The standard InChI is InChI=1S/C14H8BrNO2/c15-13-5-4-11(7-12(13)14(17)18)10-3-1-2-9(6-10)8-16/h1-7H,(H,17,18). The first-order valence-electron chi connectivity index (χ1n) is 5.15. The van der Waals surface area contributed by atoms with Crippen LogP contribution in [0.1, 0.15) is 15.9 Å². The molecule has 0 amide bonds. The maximum Gasteiger partial charge on any atom is 0.336 e. The molecule has 0 bridgehead atoms. The summed E-state index contributed by atoms with van der Waals surface area (Å²) in [5.41, 5.74) is 2.35. The van der Waals surface area contributed by atoms with E-state index in [1.807, 2.05) is 12.1 Å². The molecule has 0 aliphatic heterocycles. The van der Waals surface area contributed by atoms with Crippen molar-refractivity contribution < 1.29 is 9.90 Å². The van der Waals surface area contributed by atoms with E-state index in [4.69, 9.17) is 10.4 Å². The van der Waals surface area contributed by atoms with E-state index in [0.29, 0.717) is 10.0 Å². The molecular formula is C14H8BrNO2. The third-order valence-corrected chi connectivity index (χ3v) is 3.21. The number of rotatable bonds is 2. The van der Waals surface area contributed by atoms with E-state index in [9.17, 15) is 4.79 Å². The number of carboxylic acids is 1. The van der Waals surface area contributed by atoms with Gasteiger partial charge >= 0.3 is 5.97 Å². The molecule has 0 spiro atoms. The smallest absolute Gasteiger partial charge is 0.336 e. The molecule has 0 saturated heterocycles. The van der Waals surface area contributed by atoms with Crippen LogP contribution in [0.4, 0.5) is 0 Å². The van der Waals surface area contributed by atoms with Crippen LogP contribution in [0.2, 0.25) is 0 Å². The van der Waals surface area contributed by atoms with Crippen molar-refractivity contribution in [3.8, 4) is 17.2 Å². The van der Waals surface area contributed by atoms with Crippen LogP contribution in [0.25, 0.3) is 11.1 Å². The van der Waals surface area contributed by atoms with E-state index in [1.54, 1.807) is 30.3 Å². The van der Waals surface area contributed by atoms with Crippen molar-refractivity contribution in [1.82, 2.24) is 0 Å². The van der Waals surface area contributed by atoms with E-state index in [1.165, 1.54) is 0 Å². The van der Waals surface area contributed by atoms with Crippen LogP contribution in [0.3, 0.4) is 0 Å². The van der Waals surface area contributed by atoms with Crippen LogP contribution in [-0.2, 0) is 0 Å². The number of benzene rings is 2. The highest BCUT2D eigenvalue weighted by Gasteiger charge is 2.10. The lowest BCUT2D eigenvalue weighted by atomic mass is 10.0. The van der Waals surface area contributed by atoms with Gasteiger partial charge in [0, 0.05) is 4.47 Å². The van der Waals surface area contributed by atoms with Gasteiger partial charge in [0.05, 0.1) is 17.2 Å². The molecule has 1 N–H and O–H groups in total. The lowest BCUT2D eigenvalue weighted by molar-refractivity contribution is 0.0696. The van der Waals surface area contributed by atoms with Gasteiger partial charge in [-0.1, -0.05) is 18.2 Å². The van der Waals surface area contributed by atoms with Crippen LogP contribution in [0, 0.1) is 11.3 Å². The second-order valence-electron chi connectivity index (χ2n) is 3.69. The Morgan fingerprint density at radius 3 is 2.56 bits per heavy atom. The summed E-state index contributed by atoms with van der Waals surface area (Å²) in [6.45, 7) is 0. The molecular weight excluding hydrogens is 294 g/mol. The van der Waals surface area contributed by atoms with Gasteiger partial charge in [0.2, 0.25) is 0 Å². The molecule has 0 aromatic heterocycles. The van der Waals surface area contributed by atoms with E-state index in [-0.39, 0.29) is 5.56 Å². The maximum atomic E-state index is 11.0. The Morgan fingerprint density at radius 2 is 1.89 bits per heavy atom. The third kappa shape index (κ3) is 2.41. The van der Waals surface area contributed by atoms with Gasteiger partial charge in [-0.25, -0.2) is 4.79 Å². The highest BCUT2D eigenvalue weighted by Crippen LogP contribution is 2.26. The number of hydrogen-bond donors (Lipinski definition) is 1. The first kappa shape index (κ1) is 12.3. The molecule has 0 heterocycles. The minimum absolute atomic E-state index is 0.204. The van der Waals surface area contributed by atoms with Gasteiger partial charge < -0.3 is 5.11 Å². The number of carboxylic acid groups (broad SMARTS) is 1. The van der Waals surface area contributed by atoms with Gasteiger partial charge in [0.15, 0.2) is 0 Å². The number of carbonyl (C=O) groups is 1. The number of nitriles is 1. The van der Waals surface area contributed by atoms with Crippen molar-refractivity contribution in [1.29, 1.82) is 5.26 Å². The van der Waals surface area contributed by atoms with E-state index < -0.39 is 5.97 Å². The molecule has 18 heavy (non-hydrogen) atoms. The summed E-state index contributed by atoms with van der Waals surface area (Å²) in [5, 5.41) is 17.9. The fourth-order valence-corrected chi connectivity index (χ4v) is 2.05. The van der Waals surface area contributed by atoms with Crippen LogP contribution in [0.5, 0.6) is 0 Å². The van der Waals surface area contributed by atoms with Crippen LogP contribution in [-0.4, -0.2) is 11.1 Å². The average Bonchev–Trinajstić information content (AvgIpc) is 2.39. The van der Waals surface area contributed by atoms with Gasteiger partial charge in [-0.2, -0.15) is 5.26 Å². The minimum Gasteiger partial charge on any atom is -0.478 e. The fourth-order valence-electron chi connectivity index (χ4n) is 1.64. The Morgan fingerprint density at radius 1 is 1.17 bits per heavy atom. The number of aromatic carboxylic acids is 1. The highest BCUT2D eigenvalue weighted by atomic mass is 79.9. The summed E-state index contributed by atoms with van der Waals surface area (Å²) < 4.78 is 0.537. The second-order valence-corrected chi connectivity index (χ2v) is 4.55. The predicted octanol–water partition coefficient (Wildman–Crippen LogP) is 3.69. The number of hydrogen-bond acceptors (Lipinski definition) is 2. The molecule has 0 saturated carbocycles. The van der Waals surface area contributed by atoms with Crippen molar-refractivity contribution >= 4 is 21.9 Å². The molecule has 2 rings (SSSR count).